The van der Waals surface area contributed by atoms with Crippen LogP contribution in [0.5, 0.6) is 0 Å². The number of hydrogen-bond acceptors (Lipinski definition) is 3. The first-order chi connectivity index (χ1) is 4.24. The second-order valence-corrected chi connectivity index (χ2v) is 2.33. The van der Waals surface area contributed by atoms with Crippen LogP contribution in [0.4, 0.5) is 0 Å². The molecule has 0 fully saturated rings. The Labute approximate surface area is 63.3 Å². The van der Waals surface area contributed by atoms with Gasteiger partial charge in [0.25, 0.3) is 0 Å². The summed E-state index contributed by atoms with van der Waals surface area (Å²) >= 11 is 0. The zero-order chi connectivity index (χ0) is 7.33. The lowest BCUT2D eigenvalue weighted by Gasteiger charge is -2.24. The lowest BCUT2D eigenvalue weighted by atomic mass is 9.88. The van der Waals surface area contributed by atoms with E-state index in [-0.39, 0.29) is 28.2 Å². The van der Waals surface area contributed by atoms with Crippen LogP contribution in [-0.4, -0.2) is 43.6 Å². The van der Waals surface area contributed by atoms with Crippen LogP contribution in [0.3, 0.4) is 0 Å². The van der Waals surface area contributed by atoms with Gasteiger partial charge in [0.1, 0.15) is 0 Å². The van der Waals surface area contributed by atoms with Gasteiger partial charge in [-0.3, -0.25) is 0 Å². The van der Waals surface area contributed by atoms with Gasteiger partial charge in [-0.15, -0.1) is 0 Å². The van der Waals surface area contributed by atoms with Crippen molar-refractivity contribution in [2.75, 3.05) is 19.8 Å². The van der Waals surface area contributed by atoms with Crippen LogP contribution < -0.4 is 0 Å². The molecular weight excluding hydrogens is 131 g/mol. The Morgan fingerprint density at radius 1 is 1.00 bits per heavy atom. The van der Waals surface area contributed by atoms with E-state index in [1.165, 1.54) is 0 Å². The highest BCUT2D eigenvalue weighted by Gasteiger charge is 2.24. The van der Waals surface area contributed by atoms with Gasteiger partial charge in [0, 0.05) is 5.41 Å². The smallest absolute Gasteiger partial charge is 0.0814 e. The Kier molecular flexibility index (Phi) is 7.20. The third-order valence-electron chi connectivity index (χ3n) is 1.76. The van der Waals surface area contributed by atoms with E-state index < -0.39 is 5.41 Å². The maximum absolute atomic E-state index is 8.66. The molecule has 0 amide bonds. The summed E-state index contributed by atoms with van der Waals surface area (Å²) in [5.74, 6) is 0. The molecule has 0 spiro atoms. The summed E-state index contributed by atoms with van der Waals surface area (Å²) in [4.78, 5) is 0. The van der Waals surface area contributed by atoms with Gasteiger partial charge in [0.15, 0.2) is 0 Å². The van der Waals surface area contributed by atoms with Gasteiger partial charge in [-0.1, -0.05) is 6.92 Å². The summed E-state index contributed by atoms with van der Waals surface area (Å²) in [7, 11) is 0. The third-order valence-corrected chi connectivity index (χ3v) is 1.76. The molecule has 0 aliphatic carbocycles. The van der Waals surface area contributed by atoms with E-state index >= 15 is 0 Å². The highest BCUT2D eigenvalue weighted by Crippen LogP contribution is 2.18. The maximum atomic E-state index is 8.66. The quantitative estimate of drug-likeness (QED) is 0.411. The third kappa shape index (κ3) is 2.69. The standard InChI is InChI=1S/C6H14O3.BH3/c1-2-6(3-7,4-8)5-9;/h7-9H,2-5H2,1H3;1H3. The summed E-state index contributed by atoms with van der Waals surface area (Å²) < 4.78 is 0. The molecule has 0 aromatic rings. The number of aliphatic hydroxyl groups is 3. The van der Waals surface area contributed by atoms with Crippen LogP contribution in [0.1, 0.15) is 13.3 Å². The molecule has 0 saturated carbocycles. The van der Waals surface area contributed by atoms with Crippen LogP contribution >= 0.6 is 0 Å². The van der Waals surface area contributed by atoms with Crippen LogP contribution in [0.15, 0.2) is 0 Å². The fourth-order valence-corrected chi connectivity index (χ4v) is 0.485. The Morgan fingerprint density at radius 3 is 1.30 bits per heavy atom. The van der Waals surface area contributed by atoms with Crippen LogP contribution in [0.2, 0.25) is 0 Å². The van der Waals surface area contributed by atoms with Crippen molar-refractivity contribution in [3.63, 3.8) is 0 Å². The van der Waals surface area contributed by atoms with Gasteiger partial charge < -0.3 is 15.3 Å². The van der Waals surface area contributed by atoms with Crippen molar-refractivity contribution < 1.29 is 15.3 Å². The van der Waals surface area contributed by atoms with Crippen molar-refractivity contribution in [1.82, 2.24) is 0 Å². The molecule has 0 bridgehead atoms. The van der Waals surface area contributed by atoms with E-state index in [2.05, 4.69) is 0 Å². The molecule has 3 N–H and O–H groups in total. The summed E-state index contributed by atoms with van der Waals surface area (Å²) in [5, 5.41) is 26.0. The predicted molar refractivity (Wildman–Crippen MR) is 43.9 cm³/mol. The topological polar surface area (TPSA) is 60.7 Å². The monoisotopic (exact) mass is 148 g/mol. The zero-order valence-corrected chi connectivity index (χ0v) is 5.67. The highest BCUT2D eigenvalue weighted by molar-refractivity contribution is 5.75. The Bertz CT molecular complexity index is 55.9. The summed E-state index contributed by atoms with van der Waals surface area (Å²) in [5.41, 5.74) is -0.667. The summed E-state index contributed by atoms with van der Waals surface area (Å²) in [6.45, 7) is 1.35. The molecule has 0 rings (SSSR count). The first kappa shape index (κ1) is 12.6. The SMILES string of the molecule is B.CCC(CO)(CO)CO. The molecule has 0 saturated heterocycles. The van der Waals surface area contributed by atoms with Gasteiger partial charge in [-0.25, -0.2) is 0 Å². The second kappa shape index (κ2) is 5.71. The number of aliphatic hydroxyl groups excluding tert-OH is 3. The van der Waals surface area contributed by atoms with Gasteiger partial charge in [0.05, 0.1) is 28.2 Å². The zero-order valence-electron chi connectivity index (χ0n) is 5.67. The lowest BCUT2D eigenvalue weighted by Crippen LogP contribution is -2.32. The fraction of sp³-hybridized carbons (Fsp3) is 1.00. The van der Waals surface area contributed by atoms with E-state index in [9.17, 15) is 0 Å². The van der Waals surface area contributed by atoms with E-state index in [0.717, 1.165) is 0 Å². The van der Waals surface area contributed by atoms with Crippen LogP contribution in [0, 0.1) is 5.41 Å². The van der Waals surface area contributed by atoms with Gasteiger partial charge in [0.2, 0.25) is 0 Å². The first-order valence-corrected chi connectivity index (χ1v) is 3.07. The molecule has 3 nitrogen and oxygen atoms in total. The summed E-state index contributed by atoms with van der Waals surface area (Å²) in [6, 6.07) is 0. The van der Waals surface area contributed by atoms with E-state index in [1.807, 2.05) is 6.92 Å². The second-order valence-electron chi connectivity index (χ2n) is 2.33. The van der Waals surface area contributed by atoms with E-state index in [4.69, 9.17) is 15.3 Å². The average molecular weight is 148 g/mol. The van der Waals surface area contributed by atoms with E-state index in [0.29, 0.717) is 6.42 Å². The minimum absolute atomic E-state index is 0. The first-order valence-electron chi connectivity index (χ1n) is 3.07. The van der Waals surface area contributed by atoms with Crippen molar-refractivity contribution in [3.05, 3.63) is 0 Å². The van der Waals surface area contributed by atoms with Crippen LogP contribution in [0.25, 0.3) is 0 Å². The number of hydrogen-bond donors (Lipinski definition) is 3. The Morgan fingerprint density at radius 2 is 1.30 bits per heavy atom. The van der Waals surface area contributed by atoms with Crippen molar-refractivity contribution in [1.29, 1.82) is 0 Å². The maximum Gasteiger partial charge on any atom is 0.0814 e. The van der Waals surface area contributed by atoms with Crippen molar-refractivity contribution >= 4 is 8.41 Å². The summed E-state index contributed by atoms with van der Waals surface area (Å²) in [6.07, 6.45) is 0.594. The van der Waals surface area contributed by atoms with Gasteiger partial charge in [-0.05, 0) is 6.42 Å². The van der Waals surface area contributed by atoms with Crippen molar-refractivity contribution in [2.45, 2.75) is 13.3 Å². The Balaban J connectivity index is 0. The Hall–Kier alpha value is -0.0551. The normalized spacial score (nSPS) is 10.8. The molecule has 4 heteroatoms. The molecule has 0 aromatic heterocycles. The molecule has 10 heavy (non-hydrogen) atoms. The number of rotatable bonds is 4. The molecule has 0 aliphatic heterocycles. The van der Waals surface area contributed by atoms with Gasteiger partial charge >= 0.3 is 0 Å². The molecule has 0 radical (unpaired) electrons. The van der Waals surface area contributed by atoms with Crippen LogP contribution in [-0.2, 0) is 0 Å². The van der Waals surface area contributed by atoms with Gasteiger partial charge in [-0.2, -0.15) is 0 Å². The van der Waals surface area contributed by atoms with E-state index in [1.54, 1.807) is 0 Å². The largest absolute Gasteiger partial charge is 0.396 e. The predicted octanol–water partition coefficient (Wildman–Crippen LogP) is -1.82. The molecule has 0 heterocycles. The molecule has 0 unspecified atom stereocenters. The average Bonchev–Trinajstić information content (AvgIpc) is 1.95. The molecule has 0 atom stereocenters. The minimum atomic E-state index is -0.667. The molecule has 0 aromatic carbocycles. The van der Waals surface area contributed by atoms with Crippen molar-refractivity contribution in [3.8, 4) is 0 Å². The molecular formula is C6H17BO3. The minimum Gasteiger partial charge on any atom is -0.396 e. The van der Waals surface area contributed by atoms with Crippen molar-refractivity contribution in [2.24, 2.45) is 5.41 Å². The molecule has 62 valence electrons. The highest BCUT2D eigenvalue weighted by atomic mass is 16.3. The molecule has 0 aliphatic rings. The fourth-order valence-electron chi connectivity index (χ4n) is 0.485. The lowest BCUT2D eigenvalue weighted by molar-refractivity contribution is 0.00304.